The van der Waals surface area contributed by atoms with Crippen LogP contribution in [0, 0.1) is 5.92 Å². The normalized spacial score (nSPS) is 23.0. The van der Waals surface area contributed by atoms with E-state index in [4.69, 9.17) is 0 Å². The van der Waals surface area contributed by atoms with Gasteiger partial charge < -0.3 is 0 Å². The quantitative estimate of drug-likeness (QED) is 0.404. The molecule has 0 aromatic heterocycles. The van der Waals surface area contributed by atoms with E-state index in [1.54, 1.807) is 0 Å². The van der Waals surface area contributed by atoms with Gasteiger partial charge in [-0.25, -0.2) is 4.39 Å². The topological polar surface area (TPSA) is 0 Å². The van der Waals surface area contributed by atoms with E-state index in [2.05, 4.69) is 30.3 Å². The molecule has 1 aromatic rings. The van der Waals surface area contributed by atoms with Crippen molar-refractivity contribution in [2.75, 3.05) is 0 Å². The van der Waals surface area contributed by atoms with Crippen LogP contribution < -0.4 is 0 Å². The minimum Gasteiger partial charge on any atom is -0.212 e. The number of aryl methyl sites for hydroxylation is 1. The summed E-state index contributed by atoms with van der Waals surface area (Å²) in [6.07, 6.45) is 3.89. The number of benzene rings is 1. The maximum atomic E-state index is 13.7. The first-order chi connectivity index (χ1) is 11.4. The molecule has 0 saturated heterocycles. The highest BCUT2D eigenvalue weighted by atomic mass is 19.4. The van der Waals surface area contributed by atoms with Gasteiger partial charge >= 0.3 is 6.18 Å². The van der Waals surface area contributed by atoms with Crippen LogP contribution in [0.2, 0.25) is 0 Å². The summed E-state index contributed by atoms with van der Waals surface area (Å²) >= 11 is 0. The zero-order valence-electron chi connectivity index (χ0n) is 14.0. The molecule has 0 atom stereocenters. The summed E-state index contributed by atoms with van der Waals surface area (Å²) in [6, 6.07) is 8.46. The lowest BCUT2D eigenvalue weighted by Crippen LogP contribution is -2.15. The van der Waals surface area contributed by atoms with Crippen molar-refractivity contribution in [1.82, 2.24) is 0 Å². The lowest BCUT2D eigenvalue weighted by Gasteiger charge is -2.28. The van der Waals surface area contributed by atoms with E-state index in [1.807, 2.05) is 13.0 Å². The average Bonchev–Trinajstić information content (AvgIpc) is 2.54. The van der Waals surface area contributed by atoms with E-state index < -0.39 is 17.9 Å². The molecule has 1 saturated carbocycles. The highest BCUT2D eigenvalue weighted by Crippen LogP contribution is 2.40. The Morgan fingerprint density at radius 3 is 2.25 bits per heavy atom. The molecule has 132 valence electrons. The van der Waals surface area contributed by atoms with Crippen LogP contribution in [0.25, 0.3) is 0 Å². The Labute approximate surface area is 141 Å². The molecule has 0 N–H and O–H groups in total. The summed E-state index contributed by atoms with van der Waals surface area (Å²) in [6.45, 7) is 2.01. The average molecular weight is 340 g/mol. The summed E-state index contributed by atoms with van der Waals surface area (Å²) in [5.74, 6) is -1.27. The first kappa shape index (κ1) is 18.8. The predicted octanol–water partition coefficient (Wildman–Crippen LogP) is 6.88. The fraction of sp³-hybridized carbons (Fsp3) is 0.500. The van der Waals surface area contributed by atoms with E-state index in [1.165, 1.54) is 11.1 Å². The van der Waals surface area contributed by atoms with Gasteiger partial charge in [0, 0.05) is 5.92 Å². The standard InChI is InChI=1S/C20H24F4/c1-2-3-4-5-15-6-8-16(9-7-15)17-10-12-18(13-11-17)19(21)14-20(22,23)24/h2-3,6-9,14,17-18H,4-5,10-13H2,1H3/b3-2+,19-14-. The van der Waals surface area contributed by atoms with Gasteiger partial charge in [0.05, 0.1) is 6.08 Å². The second kappa shape index (κ2) is 8.50. The summed E-state index contributed by atoms with van der Waals surface area (Å²) in [7, 11) is 0. The number of allylic oxidation sites excluding steroid dienone is 4. The summed E-state index contributed by atoms with van der Waals surface area (Å²) in [4.78, 5) is 0. The molecule has 1 aliphatic carbocycles. The molecule has 0 unspecified atom stereocenters. The van der Waals surface area contributed by atoms with Gasteiger partial charge in [-0.15, -0.1) is 0 Å². The van der Waals surface area contributed by atoms with Gasteiger partial charge in [-0.1, -0.05) is 36.4 Å². The van der Waals surface area contributed by atoms with Crippen molar-refractivity contribution in [3.05, 3.63) is 59.4 Å². The molecule has 4 heteroatoms. The lowest BCUT2D eigenvalue weighted by atomic mass is 9.78. The number of alkyl halides is 3. The molecule has 0 amide bonds. The fourth-order valence-electron chi connectivity index (χ4n) is 3.35. The SMILES string of the molecule is C/C=C/CCc1ccc(C2CCC(/C(F)=C/C(F)(F)F)CC2)cc1. The maximum Gasteiger partial charge on any atom is 0.412 e. The van der Waals surface area contributed by atoms with Crippen molar-refractivity contribution >= 4 is 0 Å². The highest BCUT2D eigenvalue weighted by Gasteiger charge is 2.30. The summed E-state index contributed by atoms with van der Waals surface area (Å²) in [5, 5.41) is 0. The third-order valence-corrected chi connectivity index (χ3v) is 4.71. The van der Waals surface area contributed by atoms with Crippen LogP contribution in [0.1, 0.15) is 56.1 Å². The Bertz CT molecular complexity index is 558. The van der Waals surface area contributed by atoms with Gasteiger partial charge in [0.25, 0.3) is 0 Å². The van der Waals surface area contributed by atoms with Crippen LogP contribution in [-0.4, -0.2) is 6.18 Å². The van der Waals surface area contributed by atoms with Crippen LogP contribution in [0.5, 0.6) is 0 Å². The van der Waals surface area contributed by atoms with E-state index in [-0.39, 0.29) is 6.08 Å². The highest BCUT2D eigenvalue weighted by molar-refractivity contribution is 5.26. The fourth-order valence-corrected chi connectivity index (χ4v) is 3.35. The van der Waals surface area contributed by atoms with Crippen molar-refractivity contribution in [3.8, 4) is 0 Å². The molecule has 1 aliphatic rings. The second-order valence-electron chi connectivity index (χ2n) is 6.47. The summed E-state index contributed by atoms with van der Waals surface area (Å²) < 4.78 is 50.3. The van der Waals surface area contributed by atoms with Gasteiger partial charge in [-0.3, -0.25) is 0 Å². The third kappa shape index (κ3) is 5.81. The smallest absolute Gasteiger partial charge is 0.212 e. The molecule has 2 rings (SSSR count). The van der Waals surface area contributed by atoms with Crippen molar-refractivity contribution in [2.45, 2.75) is 57.5 Å². The molecule has 1 aromatic carbocycles. The molecule has 0 bridgehead atoms. The maximum absolute atomic E-state index is 13.7. The molecule has 0 aliphatic heterocycles. The molecule has 0 radical (unpaired) electrons. The minimum absolute atomic E-state index is 0.183. The first-order valence-electron chi connectivity index (χ1n) is 8.54. The molecule has 1 fully saturated rings. The Morgan fingerprint density at radius 2 is 1.71 bits per heavy atom. The second-order valence-corrected chi connectivity index (χ2v) is 6.47. The Morgan fingerprint density at radius 1 is 1.08 bits per heavy atom. The largest absolute Gasteiger partial charge is 0.412 e. The molecule has 0 heterocycles. The molecular formula is C20H24F4. The van der Waals surface area contributed by atoms with Crippen molar-refractivity contribution in [1.29, 1.82) is 0 Å². The monoisotopic (exact) mass is 340 g/mol. The third-order valence-electron chi connectivity index (χ3n) is 4.71. The van der Waals surface area contributed by atoms with Gasteiger partial charge in [0.2, 0.25) is 0 Å². The number of hydrogen-bond donors (Lipinski definition) is 0. The molecule has 24 heavy (non-hydrogen) atoms. The van der Waals surface area contributed by atoms with Gasteiger partial charge in [0.1, 0.15) is 5.83 Å². The number of halogens is 4. The first-order valence-corrected chi connectivity index (χ1v) is 8.54. The molecular weight excluding hydrogens is 316 g/mol. The number of hydrogen-bond acceptors (Lipinski definition) is 0. The number of rotatable bonds is 5. The Kier molecular flexibility index (Phi) is 6.64. The van der Waals surface area contributed by atoms with Gasteiger partial charge in [0.15, 0.2) is 0 Å². The zero-order chi connectivity index (χ0) is 17.6. The van der Waals surface area contributed by atoms with Crippen molar-refractivity contribution in [2.24, 2.45) is 5.92 Å². The van der Waals surface area contributed by atoms with Crippen molar-refractivity contribution < 1.29 is 17.6 Å². The van der Waals surface area contributed by atoms with Crippen molar-refractivity contribution in [3.63, 3.8) is 0 Å². The molecule has 0 nitrogen and oxygen atoms in total. The van der Waals surface area contributed by atoms with Crippen LogP contribution >= 0.6 is 0 Å². The van der Waals surface area contributed by atoms with Crippen LogP contribution in [0.15, 0.2) is 48.3 Å². The van der Waals surface area contributed by atoms with E-state index in [0.29, 0.717) is 18.8 Å². The van der Waals surface area contributed by atoms with E-state index in [0.717, 1.165) is 25.7 Å². The lowest BCUT2D eigenvalue weighted by molar-refractivity contribution is -0.0820. The van der Waals surface area contributed by atoms with Crippen LogP contribution in [0.3, 0.4) is 0 Å². The van der Waals surface area contributed by atoms with Crippen LogP contribution in [0.4, 0.5) is 17.6 Å². The van der Waals surface area contributed by atoms with Gasteiger partial charge in [-0.05, 0) is 62.5 Å². The Hall–Kier alpha value is -1.58. The van der Waals surface area contributed by atoms with E-state index >= 15 is 0 Å². The van der Waals surface area contributed by atoms with Crippen LogP contribution in [-0.2, 0) is 6.42 Å². The molecule has 0 spiro atoms. The summed E-state index contributed by atoms with van der Waals surface area (Å²) in [5.41, 5.74) is 2.49. The zero-order valence-corrected chi connectivity index (χ0v) is 14.0. The Balaban J connectivity index is 1.89. The predicted molar refractivity (Wildman–Crippen MR) is 89.5 cm³/mol. The van der Waals surface area contributed by atoms with Gasteiger partial charge in [-0.2, -0.15) is 13.2 Å². The minimum atomic E-state index is -4.57. The van der Waals surface area contributed by atoms with E-state index in [9.17, 15) is 17.6 Å².